The lowest BCUT2D eigenvalue weighted by Crippen LogP contribution is -2.31. The molecule has 0 radical (unpaired) electrons. The van der Waals surface area contributed by atoms with Crippen LogP contribution >= 0.6 is 0 Å². The van der Waals surface area contributed by atoms with Gasteiger partial charge in [-0.1, -0.05) is 26.7 Å². The first-order chi connectivity index (χ1) is 6.86. The van der Waals surface area contributed by atoms with Gasteiger partial charge in [-0.15, -0.1) is 0 Å². The maximum Gasteiger partial charge on any atom is 0.00768 e. The molecule has 1 aliphatic carbocycles. The van der Waals surface area contributed by atoms with Crippen molar-refractivity contribution < 1.29 is 0 Å². The quantitative estimate of drug-likeness (QED) is 0.554. The molecule has 0 heterocycles. The molecule has 0 spiro atoms. The second-order valence-corrected chi connectivity index (χ2v) is 4.53. The molecule has 0 amide bonds. The van der Waals surface area contributed by atoms with E-state index in [-0.39, 0.29) is 0 Å². The van der Waals surface area contributed by atoms with Crippen LogP contribution < -0.4 is 10.6 Å². The van der Waals surface area contributed by atoms with Gasteiger partial charge >= 0.3 is 0 Å². The molecule has 2 heteroatoms. The average molecular weight is 198 g/mol. The van der Waals surface area contributed by atoms with Crippen LogP contribution in [0.3, 0.4) is 0 Å². The SMILES string of the molecule is CCC(CC)CNCCNCC1CC1. The largest absolute Gasteiger partial charge is 0.315 e. The van der Waals surface area contributed by atoms with Gasteiger partial charge in [-0.25, -0.2) is 0 Å². The molecule has 1 saturated carbocycles. The zero-order chi connectivity index (χ0) is 10.2. The standard InChI is InChI=1S/C12H26N2/c1-3-11(4-2)9-13-7-8-14-10-12-5-6-12/h11-14H,3-10H2,1-2H3. The maximum absolute atomic E-state index is 3.52. The van der Waals surface area contributed by atoms with Crippen LogP contribution in [0.15, 0.2) is 0 Å². The van der Waals surface area contributed by atoms with Crippen molar-refractivity contribution in [3.05, 3.63) is 0 Å². The molecule has 2 nitrogen and oxygen atoms in total. The van der Waals surface area contributed by atoms with E-state index in [0.29, 0.717) is 0 Å². The number of hydrogen-bond acceptors (Lipinski definition) is 2. The summed E-state index contributed by atoms with van der Waals surface area (Å²) in [5, 5.41) is 7.01. The van der Waals surface area contributed by atoms with Crippen molar-refractivity contribution in [1.29, 1.82) is 0 Å². The number of nitrogens with one attached hydrogen (secondary N) is 2. The van der Waals surface area contributed by atoms with E-state index < -0.39 is 0 Å². The van der Waals surface area contributed by atoms with Crippen molar-refractivity contribution in [1.82, 2.24) is 10.6 Å². The first-order valence-corrected chi connectivity index (χ1v) is 6.28. The summed E-state index contributed by atoms with van der Waals surface area (Å²) in [6.45, 7) is 9.26. The summed E-state index contributed by atoms with van der Waals surface area (Å²) in [7, 11) is 0. The molecule has 0 aromatic rings. The maximum atomic E-state index is 3.52. The van der Waals surface area contributed by atoms with E-state index in [1.165, 1.54) is 38.8 Å². The third kappa shape index (κ3) is 5.61. The minimum atomic E-state index is 0.874. The molecule has 14 heavy (non-hydrogen) atoms. The zero-order valence-corrected chi connectivity index (χ0v) is 9.81. The average Bonchev–Trinajstić information content (AvgIpc) is 3.01. The highest BCUT2D eigenvalue weighted by molar-refractivity contribution is 4.75. The van der Waals surface area contributed by atoms with Gasteiger partial charge in [0.05, 0.1) is 0 Å². The molecule has 84 valence electrons. The molecule has 0 bridgehead atoms. The highest BCUT2D eigenvalue weighted by Gasteiger charge is 2.19. The third-order valence-electron chi connectivity index (χ3n) is 3.20. The summed E-state index contributed by atoms with van der Waals surface area (Å²) in [5.41, 5.74) is 0. The topological polar surface area (TPSA) is 24.1 Å². The Morgan fingerprint density at radius 3 is 2.29 bits per heavy atom. The molecule has 1 fully saturated rings. The molecule has 1 rings (SSSR count). The fourth-order valence-electron chi connectivity index (χ4n) is 1.69. The van der Waals surface area contributed by atoms with E-state index in [4.69, 9.17) is 0 Å². The number of rotatable bonds is 9. The summed E-state index contributed by atoms with van der Waals surface area (Å²) in [6.07, 6.45) is 5.51. The molecule has 0 aromatic carbocycles. The minimum absolute atomic E-state index is 0.874. The van der Waals surface area contributed by atoms with Gasteiger partial charge in [0.25, 0.3) is 0 Å². The second kappa shape index (κ2) is 7.24. The van der Waals surface area contributed by atoms with E-state index in [2.05, 4.69) is 24.5 Å². The first-order valence-electron chi connectivity index (χ1n) is 6.28. The van der Waals surface area contributed by atoms with Crippen molar-refractivity contribution in [3.8, 4) is 0 Å². The monoisotopic (exact) mass is 198 g/mol. The number of hydrogen-bond donors (Lipinski definition) is 2. The minimum Gasteiger partial charge on any atom is -0.315 e. The van der Waals surface area contributed by atoms with Crippen molar-refractivity contribution in [2.24, 2.45) is 11.8 Å². The van der Waals surface area contributed by atoms with Gasteiger partial charge in [0.15, 0.2) is 0 Å². The van der Waals surface area contributed by atoms with Crippen molar-refractivity contribution in [2.45, 2.75) is 39.5 Å². The molecule has 0 atom stereocenters. The Hall–Kier alpha value is -0.0800. The van der Waals surface area contributed by atoms with Gasteiger partial charge in [-0.2, -0.15) is 0 Å². The highest BCUT2D eigenvalue weighted by atomic mass is 14.9. The Morgan fingerprint density at radius 1 is 1.07 bits per heavy atom. The fraction of sp³-hybridized carbons (Fsp3) is 1.00. The Bertz CT molecular complexity index is 128. The molecule has 1 aliphatic rings. The van der Waals surface area contributed by atoms with Crippen LogP contribution in [0, 0.1) is 11.8 Å². The summed E-state index contributed by atoms with van der Waals surface area (Å²) >= 11 is 0. The van der Waals surface area contributed by atoms with E-state index in [0.717, 1.165) is 24.9 Å². The van der Waals surface area contributed by atoms with Crippen LogP contribution in [0.5, 0.6) is 0 Å². The molecule has 0 aromatic heterocycles. The Balaban J connectivity index is 1.78. The van der Waals surface area contributed by atoms with Crippen LogP contribution in [0.1, 0.15) is 39.5 Å². The predicted molar refractivity (Wildman–Crippen MR) is 62.5 cm³/mol. The van der Waals surface area contributed by atoms with Gasteiger partial charge in [0.1, 0.15) is 0 Å². The highest BCUT2D eigenvalue weighted by Crippen LogP contribution is 2.27. The van der Waals surface area contributed by atoms with E-state index >= 15 is 0 Å². The normalized spacial score (nSPS) is 16.5. The lowest BCUT2D eigenvalue weighted by Gasteiger charge is -2.13. The summed E-state index contributed by atoms with van der Waals surface area (Å²) < 4.78 is 0. The Morgan fingerprint density at radius 2 is 1.71 bits per heavy atom. The molecule has 0 aliphatic heterocycles. The smallest absolute Gasteiger partial charge is 0.00768 e. The Kier molecular flexibility index (Phi) is 6.20. The predicted octanol–water partition coefficient (Wildman–Crippen LogP) is 2.01. The van der Waals surface area contributed by atoms with Crippen LogP contribution in [-0.2, 0) is 0 Å². The summed E-state index contributed by atoms with van der Waals surface area (Å²) in [4.78, 5) is 0. The summed E-state index contributed by atoms with van der Waals surface area (Å²) in [6, 6.07) is 0. The van der Waals surface area contributed by atoms with Gasteiger partial charge < -0.3 is 10.6 Å². The Labute approximate surface area is 88.8 Å². The fourth-order valence-corrected chi connectivity index (χ4v) is 1.69. The van der Waals surface area contributed by atoms with E-state index in [1.54, 1.807) is 0 Å². The molecular formula is C12H26N2. The van der Waals surface area contributed by atoms with Crippen LogP contribution in [-0.4, -0.2) is 26.2 Å². The van der Waals surface area contributed by atoms with Crippen molar-refractivity contribution >= 4 is 0 Å². The van der Waals surface area contributed by atoms with Crippen molar-refractivity contribution in [2.75, 3.05) is 26.2 Å². The molecule has 0 unspecified atom stereocenters. The van der Waals surface area contributed by atoms with Crippen LogP contribution in [0.4, 0.5) is 0 Å². The van der Waals surface area contributed by atoms with Gasteiger partial charge in [-0.3, -0.25) is 0 Å². The van der Waals surface area contributed by atoms with Gasteiger partial charge in [0, 0.05) is 13.1 Å². The van der Waals surface area contributed by atoms with E-state index in [9.17, 15) is 0 Å². The van der Waals surface area contributed by atoms with Gasteiger partial charge in [-0.05, 0) is 37.8 Å². The summed E-state index contributed by atoms with van der Waals surface area (Å²) in [5.74, 6) is 1.88. The first kappa shape index (κ1) is 12.0. The van der Waals surface area contributed by atoms with E-state index in [1.807, 2.05) is 0 Å². The van der Waals surface area contributed by atoms with Crippen molar-refractivity contribution in [3.63, 3.8) is 0 Å². The second-order valence-electron chi connectivity index (χ2n) is 4.53. The van der Waals surface area contributed by atoms with Crippen LogP contribution in [0.2, 0.25) is 0 Å². The molecule has 2 N–H and O–H groups in total. The zero-order valence-electron chi connectivity index (χ0n) is 9.81. The molecular weight excluding hydrogens is 172 g/mol. The lowest BCUT2D eigenvalue weighted by atomic mass is 10.0. The van der Waals surface area contributed by atoms with Gasteiger partial charge in [0.2, 0.25) is 0 Å². The molecule has 0 saturated heterocycles. The third-order valence-corrected chi connectivity index (χ3v) is 3.20. The lowest BCUT2D eigenvalue weighted by molar-refractivity contribution is 0.446. The van der Waals surface area contributed by atoms with Crippen LogP contribution in [0.25, 0.3) is 0 Å².